The van der Waals surface area contributed by atoms with E-state index in [1.54, 1.807) is 0 Å². The fourth-order valence-electron chi connectivity index (χ4n) is 2.35. The number of thiophene rings is 1. The molecule has 1 saturated heterocycles. The summed E-state index contributed by atoms with van der Waals surface area (Å²) in [4.78, 5) is 24.0. The van der Waals surface area contributed by atoms with Crippen molar-refractivity contribution in [3.05, 3.63) is 10.4 Å². The number of primary amides is 1. The molecule has 1 aliphatic rings. The van der Waals surface area contributed by atoms with Gasteiger partial charge in [-0.3, -0.25) is 9.59 Å². The number of piperidine rings is 1. The van der Waals surface area contributed by atoms with Gasteiger partial charge in [-0.15, -0.1) is 11.3 Å². The Labute approximate surface area is 127 Å². The fourth-order valence-corrected chi connectivity index (χ4v) is 3.47. The lowest BCUT2D eigenvalue weighted by molar-refractivity contribution is 0.0960. The zero-order chi connectivity index (χ0) is 15.4. The summed E-state index contributed by atoms with van der Waals surface area (Å²) in [5, 5.41) is 9.86. The van der Waals surface area contributed by atoms with E-state index in [9.17, 15) is 9.59 Å². The number of hydrogen-bond acceptors (Lipinski definition) is 6. The maximum atomic E-state index is 12.0. The lowest BCUT2D eigenvalue weighted by Crippen LogP contribution is -2.35. The van der Waals surface area contributed by atoms with Crippen molar-refractivity contribution in [1.82, 2.24) is 10.6 Å². The Morgan fingerprint density at radius 1 is 1.38 bits per heavy atom. The van der Waals surface area contributed by atoms with Gasteiger partial charge in [0.25, 0.3) is 11.8 Å². The smallest absolute Gasteiger partial charge is 0.263 e. The Balaban J connectivity index is 2.28. The lowest BCUT2D eigenvalue weighted by Gasteiger charge is -2.24. The largest absolute Gasteiger partial charge is 0.397 e. The zero-order valence-electron chi connectivity index (χ0n) is 12.0. The monoisotopic (exact) mass is 311 g/mol. The number of nitrogens with two attached hydrogens (primary N) is 2. The summed E-state index contributed by atoms with van der Waals surface area (Å²) in [6.07, 6.45) is 1.90. The summed E-state index contributed by atoms with van der Waals surface area (Å²) in [7, 11) is 0. The molecule has 0 saturated carbocycles. The molecule has 1 aromatic rings. The maximum absolute atomic E-state index is 12.0. The second-order valence-corrected chi connectivity index (χ2v) is 5.96. The molecule has 8 heteroatoms. The number of carbonyl (C=O) groups is 2. The van der Waals surface area contributed by atoms with Gasteiger partial charge in [0.2, 0.25) is 0 Å². The summed E-state index contributed by atoms with van der Waals surface area (Å²) in [6, 6.07) is 0.254. The van der Waals surface area contributed by atoms with Gasteiger partial charge >= 0.3 is 0 Å². The lowest BCUT2D eigenvalue weighted by atomic mass is 10.1. The second kappa shape index (κ2) is 6.77. The second-order valence-electron chi connectivity index (χ2n) is 4.94. The first kappa shape index (κ1) is 15.6. The van der Waals surface area contributed by atoms with Crippen LogP contribution < -0.4 is 27.4 Å². The Morgan fingerprint density at radius 3 is 2.62 bits per heavy atom. The van der Waals surface area contributed by atoms with Crippen LogP contribution in [0.5, 0.6) is 0 Å². The van der Waals surface area contributed by atoms with Crippen molar-refractivity contribution in [2.75, 3.05) is 30.7 Å². The van der Waals surface area contributed by atoms with Crippen molar-refractivity contribution in [2.45, 2.75) is 25.8 Å². The molecule has 21 heavy (non-hydrogen) atoms. The Morgan fingerprint density at radius 2 is 2.05 bits per heavy atom. The minimum atomic E-state index is -0.615. The third-order valence-electron chi connectivity index (χ3n) is 3.41. The van der Waals surface area contributed by atoms with E-state index >= 15 is 0 Å². The van der Waals surface area contributed by atoms with Crippen molar-refractivity contribution < 1.29 is 9.59 Å². The highest BCUT2D eigenvalue weighted by Crippen LogP contribution is 2.36. The Hall–Kier alpha value is -1.80. The number of amides is 2. The third-order valence-corrected chi connectivity index (χ3v) is 4.55. The molecule has 0 radical (unpaired) electrons. The average Bonchev–Trinajstić information content (AvgIpc) is 2.77. The van der Waals surface area contributed by atoms with E-state index in [0.29, 0.717) is 16.4 Å². The fraction of sp³-hybridized carbons (Fsp3) is 0.538. The molecule has 0 spiro atoms. The van der Waals surface area contributed by atoms with Gasteiger partial charge in [0, 0.05) is 12.6 Å². The van der Waals surface area contributed by atoms with Crippen molar-refractivity contribution >= 4 is 33.8 Å². The molecule has 0 bridgehead atoms. The van der Waals surface area contributed by atoms with Gasteiger partial charge in [0.15, 0.2) is 0 Å². The van der Waals surface area contributed by atoms with Gasteiger partial charge in [-0.05, 0) is 32.9 Å². The maximum Gasteiger partial charge on any atom is 0.263 e. The molecule has 7 N–H and O–H groups in total. The normalized spacial score (nSPS) is 15.7. The number of rotatable bonds is 5. The van der Waals surface area contributed by atoms with E-state index in [1.807, 2.05) is 6.92 Å². The molecule has 116 valence electrons. The molecule has 1 fully saturated rings. The molecular formula is C13H21N5O2S. The minimum absolute atomic E-state index is 0.162. The highest BCUT2D eigenvalue weighted by Gasteiger charge is 2.25. The molecule has 1 aromatic heterocycles. The quantitative estimate of drug-likeness (QED) is 0.537. The topological polar surface area (TPSA) is 122 Å². The number of anilines is 2. The molecule has 2 heterocycles. The SMILES string of the molecule is CCNC(=O)c1sc(NC2CCNCC2)c(C(N)=O)c1N. The average molecular weight is 311 g/mol. The van der Waals surface area contributed by atoms with Gasteiger partial charge in [0.05, 0.1) is 11.3 Å². The third kappa shape index (κ3) is 3.45. The van der Waals surface area contributed by atoms with Crippen molar-refractivity contribution in [2.24, 2.45) is 5.73 Å². The van der Waals surface area contributed by atoms with Crippen LogP contribution in [0.25, 0.3) is 0 Å². The molecule has 1 aliphatic heterocycles. The molecule has 7 nitrogen and oxygen atoms in total. The molecule has 0 aromatic carbocycles. The summed E-state index contributed by atoms with van der Waals surface area (Å²) in [5.41, 5.74) is 11.7. The molecule has 0 aliphatic carbocycles. The summed E-state index contributed by atoms with van der Waals surface area (Å²) < 4.78 is 0. The predicted molar refractivity (Wildman–Crippen MR) is 84.8 cm³/mol. The predicted octanol–water partition coefficient (Wildman–Crippen LogP) is 0.343. The van der Waals surface area contributed by atoms with Crippen LogP contribution in [0.4, 0.5) is 10.7 Å². The molecular weight excluding hydrogens is 290 g/mol. The van der Waals surface area contributed by atoms with Crippen LogP contribution in [0.15, 0.2) is 0 Å². The van der Waals surface area contributed by atoms with E-state index < -0.39 is 5.91 Å². The van der Waals surface area contributed by atoms with Gasteiger partial charge in [-0.1, -0.05) is 0 Å². The van der Waals surface area contributed by atoms with Crippen LogP contribution >= 0.6 is 11.3 Å². The molecule has 0 atom stereocenters. The van der Waals surface area contributed by atoms with Gasteiger partial charge < -0.3 is 27.4 Å². The van der Waals surface area contributed by atoms with Gasteiger partial charge in [-0.2, -0.15) is 0 Å². The summed E-state index contributed by atoms with van der Waals surface area (Å²) in [6.45, 7) is 4.17. The van der Waals surface area contributed by atoms with Crippen LogP contribution in [0.3, 0.4) is 0 Å². The number of hydrogen-bond donors (Lipinski definition) is 5. The first-order valence-electron chi connectivity index (χ1n) is 7.02. The zero-order valence-corrected chi connectivity index (χ0v) is 12.8. The van der Waals surface area contributed by atoms with Crippen LogP contribution in [-0.4, -0.2) is 37.5 Å². The summed E-state index contributed by atoms with van der Waals surface area (Å²) >= 11 is 1.19. The first-order valence-corrected chi connectivity index (χ1v) is 7.83. The Bertz CT molecular complexity index is 537. The standard InChI is InChI=1S/C13H21N5O2S/c1-2-17-12(20)10-9(14)8(11(15)19)13(21-10)18-7-3-5-16-6-4-7/h7,16,18H,2-6,14H2,1H3,(H2,15,19)(H,17,20). The molecule has 2 rings (SSSR count). The number of nitrogen functional groups attached to an aromatic ring is 1. The van der Waals surface area contributed by atoms with Crippen LogP contribution in [-0.2, 0) is 0 Å². The van der Waals surface area contributed by atoms with Gasteiger partial charge in [-0.25, -0.2) is 0 Å². The highest BCUT2D eigenvalue weighted by molar-refractivity contribution is 7.19. The number of carbonyl (C=O) groups excluding carboxylic acids is 2. The highest BCUT2D eigenvalue weighted by atomic mass is 32.1. The van der Waals surface area contributed by atoms with E-state index in [4.69, 9.17) is 11.5 Å². The van der Waals surface area contributed by atoms with Crippen LogP contribution in [0.1, 0.15) is 39.8 Å². The van der Waals surface area contributed by atoms with E-state index in [-0.39, 0.29) is 23.2 Å². The van der Waals surface area contributed by atoms with Crippen LogP contribution in [0, 0.1) is 0 Å². The van der Waals surface area contributed by atoms with Crippen molar-refractivity contribution in [3.63, 3.8) is 0 Å². The van der Waals surface area contributed by atoms with Crippen molar-refractivity contribution in [1.29, 1.82) is 0 Å². The van der Waals surface area contributed by atoms with E-state index in [1.165, 1.54) is 11.3 Å². The summed E-state index contributed by atoms with van der Waals surface area (Å²) in [5.74, 6) is -0.892. The first-order chi connectivity index (χ1) is 10.0. The van der Waals surface area contributed by atoms with E-state index in [2.05, 4.69) is 16.0 Å². The van der Waals surface area contributed by atoms with E-state index in [0.717, 1.165) is 25.9 Å². The number of nitrogens with one attached hydrogen (secondary N) is 3. The Kier molecular flexibility index (Phi) is 5.03. The van der Waals surface area contributed by atoms with Crippen molar-refractivity contribution in [3.8, 4) is 0 Å². The minimum Gasteiger partial charge on any atom is -0.397 e. The van der Waals surface area contributed by atoms with Crippen LogP contribution in [0.2, 0.25) is 0 Å². The molecule has 0 unspecified atom stereocenters. The van der Waals surface area contributed by atoms with Gasteiger partial charge in [0.1, 0.15) is 9.88 Å². The molecule has 2 amide bonds.